The molecule has 17 heteroatoms. The Balaban J connectivity index is 1.39. The van der Waals surface area contributed by atoms with Gasteiger partial charge in [-0.2, -0.15) is 13.2 Å². The molecule has 0 unspecified atom stereocenters. The van der Waals surface area contributed by atoms with Crippen molar-refractivity contribution < 1.29 is 36.2 Å². The number of nitrogen functional groups attached to an aromatic ring is 2. The van der Waals surface area contributed by atoms with E-state index in [1.54, 1.807) is 6.92 Å². The number of aromatic nitrogens is 2. The average molecular weight is 707 g/mol. The molecule has 6 heterocycles. The number of hydrogen-bond donors (Lipinski definition) is 3. The van der Waals surface area contributed by atoms with Crippen molar-refractivity contribution in [3.63, 3.8) is 0 Å². The number of morpholine rings is 1. The van der Waals surface area contributed by atoms with Crippen LogP contribution in [0.15, 0.2) is 28.3 Å². The van der Waals surface area contributed by atoms with Crippen LogP contribution >= 0.6 is 11.6 Å². The highest BCUT2D eigenvalue weighted by Crippen LogP contribution is 2.50. The lowest BCUT2D eigenvalue weighted by molar-refractivity contribution is -0.137. The Morgan fingerprint density at radius 1 is 1.18 bits per heavy atom. The molecule has 5 N–H and O–H groups in total. The van der Waals surface area contributed by atoms with Gasteiger partial charge in [0.15, 0.2) is 11.6 Å². The Bertz CT molecular complexity index is 1890. The fourth-order valence-electron chi connectivity index (χ4n) is 7.14. The molecule has 0 saturated carbocycles. The third-order valence-corrected chi connectivity index (χ3v) is 9.80. The lowest BCUT2D eigenvalue weighted by atomic mass is 9.86. The number of benzene rings is 1. The fourth-order valence-corrected chi connectivity index (χ4v) is 7.48. The summed E-state index contributed by atoms with van der Waals surface area (Å²) in [5.74, 6) is -3.36. The van der Waals surface area contributed by atoms with Crippen molar-refractivity contribution in [1.82, 2.24) is 14.9 Å². The summed E-state index contributed by atoms with van der Waals surface area (Å²) in [6.07, 6.45) is -2.62. The molecule has 4 atom stereocenters. The minimum atomic E-state index is -4.94. The highest BCUT2D eigenvalue weighted by atomic mass is 35.5. The minimum absolute atomic E-state index is 0.0166. The van der Waals surface area contributed by atoms with E-state index in [-0.39, 0.29) is 65.6 Å². The Hall–Kier alpha value is -4.28. The topological polar surface area (TPSA) is 146 Å². The zero-order valence-electron chi connectivity index (χ0n) is 26.4. The van der Waals surface area contributed by atoms with E-state index >= 15 is 4.39 Å². The number of ether oxygens (including phenoxy) is 3. The normalized spacial score (nSPS) is 22.6. The second kappa shape index (κ2) is 12.6. The lowest BCUT2D eigenvalue weighted by Gasteiger charge is -2.33. The van der Waals surface area contributed by atoms with E-state index in [1.807, 2.05) is 0 Å². The molecule has 2 fully saturated rings. The number of aliphatic imine (C=N–C) groups is 2. The number of anilines is 3. The number of nitrogens with two attached hydrogens (primary N) is 2. The maximum atomic E-state index is 17.0. The van der Waals surface area contributed by atoms with E-state index in [1.165, 1.54) is 13.0 Å². The Morgan fingerprint density at radius 3 is 2.76 bits per heavy atom. The molecule has 2 saturated heterocycles. The highest BCUT2D eigenvalue weighted by molar-refractivity contribution is 6.38. The molecule has 0 radical (unpaired) electrons. The second-order valence-electron chi connectivity index (χ2n) is 12.4. The van der Waals surface area contributed by atoms with Crippen LogP contribution in [0.4, 0.5) is 39.3 Å². The van der Waals surface area contributed by atoms with Crippen LogP contribution in [-0.4, -0.2) is 77.8 Å². The van der Waals surface area contributed by atoms with Gasteiger partial charge < -0.3 is 31.0 Å². The molecule has 11 nitrogen and oxygen atoms in total. The van der Waals surface area contributed by atoms with E-state index in [0.29, 0.717) is 25.3 Å². The van der Waals surface area contributed by atoms with Crippen molar-refractivity contribution in [2.75, 3.05) is 49.8 Å². The molecular weight excluding hydrogens is 675 g/mol. The number of hydrogen-bond acceptors (Lipinski definition) is 11. The number of nitrogens with one attached hydrogen (secondary N) is 1. The van der Waals surface area contributed by atoms with Crippen molar-refractivity contribution in [3.8, 4) is 17.0 Å². The number of nitrogens with zero attached hydrogens (tertiary/aromatic N) is 5. The van der Waals surface area contributed by atoms with E-state index < -0.39 is 57.4 Å². The molecule has 260 valence electrons. The van der Waals surface area contributed by atoms with Crippen LogP contribution in [0.2, 0.25) is 5.02 Å². The standard InChI is InChI=1S/C32H32ClF5N8O3/c1-13-7-19(39)44-26(22(13)32(36,37)38)20-23(33)27-21-28(43-12-42-27)25(14(2)18-8-15(34)9-41-30(18)40)45-31(49-29(21)24(20)35)48-11-17-4-3-16-10-47-6-5-46(16)17/h7-9,14,16-17,25,42H,3-6,10-12H2,1-2H3,(H2,39,44)(H2,40,41)/t14-,16+,17+,25-/m1/s1. The third-order valence-electron chi connectivity index (χ3n) is 9.42. The summed E-state index contributed by atoms with van der Waals surface area (Å²) in [6, 6.07) is 1.48. The maximum absolute atomic E-state index is 17.0. The van der Waals surface area contributed by atoms with Crippen LogP contribution in [0.25, 0.3) is 11.3 Å². The molecule has 4 aliphatic rings. The smallest absolute Gasteiger partial charge is 0.418 e. The van der Waals surface area contributed by atoms with Gasteiger partial charge in [-0.3, -0.25) is 9.89 Å². The molecular formula is C32H32ClF5N8O3. The summed E-state index contributed by atoms with van der Waals surface area (Å²) < 4.78 is 92.5. The predicted octanol–water partition coefficient (Wildman–Crippen LogP) is 5.54. The van der Waals surface area contributed by atoms with Gasteiger partial charge in [-0.05, 0) is 37.5 Å². The Kier molecular flexibility index (Phi) is 8.51. The van der Waals surface area contributed by atoms with E-state index in [0.717, 1.165) is 25.1 Å². The van der Waals surface area contributed by atoms with Crippen molar-refractivity contribution in [2.24, 2.45) is 9.98 Å². The third kappa shape index (κ3) is 5.88. The SMILES string of the molecule is Cc1cc(N)nc(-c2c(F)c3c4c(c2Cl)NCN=C4[C@@H]([C@H](C)c2cc(F)cnc2N)N=C(OC[C@@H]2CC[C@H]4COCCN42)O3)c1C(F)(F)F. The second-order valence-corrected chi connectivity index (χ2v) is 12.8. The minimum Gasteiger partial charge on any atom is -0.449 e. The van der Waals surface area contributed by atoms with E-state index in [2.05, 4.69) is 25.2 Å². The summed E-state index contributed by atoms with van der Waals surface area (Å²) in [6.45, 7) is 4.80. The summed E-state index contributed by atoms with van der Waals surface area (Å²) in [4.78, 5) is 19.4. The molecule has 7 rings (SSSR count). The van der Waals surface area contributed by atoms with Gasteiger partial charge in [-0.25, -0.2) is 23.7 Å². The van der Waals surface area contributed by atoms with Crippen molar-refractivity contribution in [2.45, 2.75) is 56.9 Å². The summed E-state index contributed by atoms with van der Waals surface area (Å²) in [5.41, 5.74) is 9.59. The van der Waals surface area contributed by atoms with E-state index in [9.17, 15) is 17.6 Å². The Labute approximate surface area is 282 Å². The summed E-state index contributed by atoms with van der Waals surface area (Å²) >= 11 is 6.78. The van der Waals surface area contributed by atoms with Gasteiger partial charge >= 0.3 is 12.3 Å². The molecule has 0 aliphatic carbocycles. The van der Waals surface area contributed by atoms with Gasteiger partial charge in [0.2, 0.25) is 0 Å². The van der Waals surface area contributed by atoms with Gasteiger partial charge in [-0.1, -0.05) is 18.5 Å². The van der Waals surface area contributed by atoms with E-state index in [4.69, 9.17) is 42.3 Å². The van der Waals surface area contributed by atoms with Crippen molar-refractivity contribution in [3.05, 3.63) is 57.2 Å². The predicted molar refractivity (Wildman–Crippen MR) is 173 cm³/mol. The largest absolute Gasteiger partial charge is 0.449 e. The molecule has 2 aromatic heterocycles. The first kappa shape index (κ1) is 33.2. The van der Waals surface area contributed by atoms with Gasteiger partial charge in [-0.15, -0.1) is 0 Å². The zero-order valence-corrected chi connectivity index (χ0v) is 27.1. The van der Waals surface area contributed by atoms with Crippen LogP contribution in [0.5, 0.6) is 5.75 Å². The quantitative estimate of drug-likeness (QED) is 0.291. The molecule has 1 aromatic carbocycles. The molecule has 4 aliphatic heterocycles. The van der Waals surface area contributed by atoms with Crippen LogP contribution in [0, 0.1) is 18.6 Å². The summed E-state index contributed by atoms with van der Waals surface area (Å²) in [7, 11) is 0. The first-order valence-corrected chi connectivity index (χ1v) is 16.0. The van der Waals surface area contributed by atoms with Gasteiger partial charge in [0.1, 0.15) is 36.8 Å². The first-order valence-electron chi connectivity index (χ1n) is 15.6. The lowest BCUT2D eigenvalue weighted by Crippen LogP contribution is -2.46. The number of alkyl halides is 3. The fraction of sp³-hybridized carbons (Fsp3) is 0.438. The molecule has 0 spiro atoms. The van der Waals surface area contributed by atoms with Gasteiger partial charge in [0.25, 0.3) is 0 Å². The van der Waals surface area contributed by atoms with Crippen molar-refractivity contribution >= 4 is 40.7 Å². The Morgan fingerprint density at radius 2 is 1.98 bits per heavy atom. The zero-order chi connectivity index (χ0) is 34.8. The average Bonchev–Trinajstić information content (AvgIpc) is 3.38. The number of rotatable bonds is 5. The van der Waals surface area contributed by atoms with Gasteiger partial charge in [0, 0.05) is 30.1 Å². The molecule has 49 heavy (non-hydrogen) atoms. The monoisotopic (exact) mass is 706 g/mol. The number of halogens is 6. The maximum Gasteiger partial charge on any atom is 0.418 e. The van der Waals surface area contributed by atoms with Crippen LogP contribution in [0.1, 0.15) is 47.9 Å². The van der Waals surface area contributed by atoms with Crippen molar-refractivity contribution in [1.29, 1.82) is 0 Å². The highest BCUT2D eigenvalue weighted by Gasteiger charge is 2.43. The molecule has 3 aromatic rings. The number of pyridine rings is 2. The van der Waals surface area contributed by atoms with Crippen LogP contribution in [0.3, 0.4) is 0 Å². The summed E-state index contributed by atoms with van der Waals surface area (Å²) in [5, 5.41) is 2.55. The number of fused-ring (bicyclic) bond motifs is 1. The number of aryl methyl sites for hydroxylation is 1. The van der Waals surface area contributed by atoms with Crippen LogP contribution < -0.4 is 21.5 Å². The first-order chi connectivity index (χ1) is 23.3. The van der Waals surface area contributed by atoms with Gasteiger partial charge in [0.05, 0.1) is 58.2 Å². The molecule has 0 bridgehead atoms. The van der Waals surface area contributed by atoms with Crippen LogP contribution in [-0.2, 0) is 15.7 Å². The molecule has 0 amide bonds.